The molecule has 102 valence electrons. The van der Waals surface area contributed by atoms with Crippen LogP contribution in [0.25, 0.3) is 0 Å². The molecule has 2 N–H and O–H groups in total. The fourth-order valence-corrected chi connectivity index (χ4v) is 0. The zero-order valence-electron chi connectivity index (χ0n) is 7.83. The fourth-order valence-electron chi connectivity index (χ4n) is 0. The van der Waals surface area contributed by atoms with E-state index in [9.17, 15) is 16.8 Å². The molecule has 0 unspecified atom stereocenters. The summed E-state index contributed by atoms with van der Waals surface area (Å²) in [5, 5.41) is 29.5. The summed E-state index contributed by atoms with van der Waals surface area (Å²) in [5.41, 5.74) is 0. The van der Waals surface area contributed by atoms with E-state index in [-0.39, 0.29) is 0 Å². The number of hydrogen-bond acceptors (Lipinski definition) is 6. The number of carboxylic acids is 2. The van der Waals surface area contributed by atoms with Gasteiger partial charge in [0.05, 0.1) is 0 Å². The van der Waals surface area contributed by atoms with Crippen molar-refractivity contribution in [3.8, 4) is 11.6 Å². The number of nitrogens with zero attached hydrogens (tertiary/aromatic N) is 2. The van der Waals surface area contributed by atoms with Crippen molar-refractivity contribution in [2.75, 3.05) is 0 Å². The van der Waals surface area contributed by atoms with E-state index in [1.807, 2.05) is 0 Å². The number of hydrogen-bond donors (Lipinski definition) is 2. The number of halogens is 4. The van der Waals surface area contributed by atoms with Crippen molar-refractivity contribution in [1.29, 1.82) is 10.5 Å². The summed E-state index contributed by atoms with van der Waals surface area (Å²) in [5.74, 6) is -2.25. The summed E-state index contributed by atoms with van der Waals surface area (Å²) < 4.78 is 44.1. The second-order valence-electron chi connectivity index (χ2n) is 1.73. The monoisotopic (exact) mass is 344 g/mol. The zero-order chi connectivity index (χ0) is 15.6. The average molecular weight is 344 g/mol. The van der Waals surface area contributed by atoms with Crippen molar-refractivity contribution in [3.05, 3.63) is 0 Å². The van der Waals surface area contributed by atoms with Gasteiger partial charge in [0.2, 0.25) is 0 Å². The molecule has 14 heteroatoms. The molecule has 0 amide bonds. The average Bonchev–Trinajstić information content (AvgIpc) is 2.17. The first-order valence-electron chi connectivity index (χ1n) is 3.04. The molecule has 0 atom stereocenters. The van der Waals surface area contributed by atoms with Crippen LogP contribution >= 0.6 is 13.3 Å². The number of nitriles is 2. The van der Waals surface area contributed by atoms with Gasteiger partial charge in [-0.15, -0.1) is 0 Å². The quantitative estimate of drug-likeness (QED) is 0.391. The minimum Gasteiger partial charge on any atom is -0.473 e. The predicted molar refractivity (Wildman–Crippen MR) is 59.5 cm³/mol. The first-order chi connectivity index (χ1) is 7.76. The van der Waals surface area contributed by atoms with Crippen LogP contribution in [-0.4, -0.2) is 22.2 Å². The summed E-state index contributed by atoms with van der Waals surface area (Å²) in [6.07, 6.45) is 0. The van der Waals surface area contributed by atoms with Crippen molar-refractivity contribution in [2.45, 2.75) is 0 Å². The Morgan fingerprint density at radius 2 is 1.00 bits per heavy atom. The summed E-state index contributed by atoms with van der Waals surface area (Å²) >= 11 is 6.81. The Kier molecular flexibility index (Phi) is 12.2. The summed E-state index contributed by atoms with van der Waals surface area (Å²) in [6.45, 7) is -9.02. The highest BCUT2D eigenvalue weighted by Gasteiger charge is 2.08. The van der Waals surface area contributed by atoms with E-state index in [0.29, 0.717) is 11.6 Å². The topological polar surface area (TPSA) is 122 Å². The van der Waals surface area contributed by atoms with Crippen LogP contribution in [0.4, 0.5) is 16.8 Å². The van der Waals surface area contributed by atoms with E-state index >= 15 is 0 Å². The lowest BCUT2D eigenvalue weighted by atomic mass is 10.7. The van der Waals surface area contributed by atoms with Gasteiger partial charge in [0, 0.05) is 0 Å². The Morgan fingerprint density at radius 3 is 1.00 bits per heavy atom. The minimum absolute atomic E-state index is 0.697. The van der Waals surface area contributed by atoms with E-state index in [2.05, 4.69) is 23.6 Å². The number of aliphatic carboxylic acids is 2. The van der Waals surface area contributed by atoms with Crippen LogP contribution in [0, 0.1) is 22.1 Å². The molecule has 18 heavy (non-hydrogen) atoms. The maximum Gasteiger partial charge on any atom is 0.414 e. The molecule has 0 radical (unpaired) electrons. The molecule has 0 aliphatic carbocycles. The van der Waals surface area contributed by atoms with E-state index in [0.717, 1.165) is 0 Å². The lowest BCUT2D eigenvalue weighted by molar-refractivity contribution is -0.159. The minimum atomic E-state index is -4.51. The first kappa shape index (κ1) is 22.1. The SMILES string of the molecule is N#CP(F)(F)=S.N#CP(F)(F)=S.O=C(O)C(=O)O. The highest BCUT2D eigenvalue weighted by molar-refractivity contribution is 8.12. The Balaban J connectivity index is -0.000000187. The molecule has 0 spiro atoms. The van der Waals surface area contributed by atoms with E-state index in [4.69, 9.17) is 30.3 Å². The van der Waals surface area contributed by atoms with Crippen molar-refractivity contribution in [1.82, 2.24) is 0 Å². The molecule has 0 aromatic carbocycles. The number of carbonyl (C=O) groups is 2. The maximum absolute atomic E-state index is 11.0. The van der Waals surface area contributed by atoms with Gasteiger partial charge in [0.15, 0.2) is 11.6 Å². The van der Waals surface area contributed by atoms with Crippen LogP contribution in [0.3, 0.4) is 0 Å². The van der Waals surface area contributed by atoms with Gasteiger partial charge in [0.1, 0.15) is 0 Å². The molecular weight excluding hydrogens is 342 g/mol. The van der Waals surface area contributed by atoms with E-state index in [1.165, 1.54) is 0 Å². The highest BCUT2D eigenvalue weighted by Crippen LogP contribution is 2.47. The van der Waals surface area contributed by atoms with Crippen LogP contribution in [0.2, 0.25) is 0 Å². The van der Waals surface area contributed by atoms with Crippen molar-refractivity contribution >= 4 is 48.9 Å². The third kappa shape index (κ3) is 36.3. The fraction of sp³-hybridized carbons (Fsp3) is 0. The Labute approximate surface area is 108 Å². The summed E-state index contributed by atoms with van der Waals surface area (Å²) in [4.78, 5) is 18.2. The second kappa shape index (κ2) is 9.92. The zero-order valence-corrected chi connectivity index (χ0v) is 11.2. The normalized spacial score (nSPS) is 9.22. The van der Waals surface area contributed by atoms with Crippen molar-refractivity contribution in [2.24, 2.45) is 0 Å². The van der Waals surface area contributed by atoms with Gasteiger partial charge in [-0.25, -0.2) is 9.59 Å². The van der Waals surface area contributed by atoms with Crippen molar-refractivity contribution < 1.29 is 36.6 Å². The van der Waals surface area contributed by atoms with E-state index in [1.54, 1.807) is 0 Å². The maximum atomic E-state index is 11.0. The Bertz CT molecular complexity index is 430. The number of rotatable bonds is 0. The molecule has 0 heterocycles. The molecule has 0 fully saturated rings. The smallest absolute Gasteiger partial charge is 0.414 e. The molecule has 0 aliphatic heterocycles. The van der Waals surface area contributed by atoms with Crippen molar-refractivity contribution in [3.63, 3.8) is 0 Å². The molecule has 0 saturated heterocycles. The standard InChI is InChI=1S/C2H2O4.2CF2NPS/c3-1(4)2(5)6;2*2-5(3,6)1-4/h(H,3,4)(H,5,6);;. The molecule has 0 saturated carbocycles. The van der Waals surface area contributed by atoms with Crippen LogP contribution in [0.15, 0.2) is 0 Å². The van der Waals surface area contributed by atoms with Gasteiger partial charge in [0.25, 0.3) is 0 Å². The first-order valence-corrected chi connectivity index (χ1v) is 8.21. The third-order valence-corrected chi connectivity index (χ3v) is 1.37. The van der Waals surface area contributed by atoms with Gasteiger partial charge in [-0.2, -0.15) is 27.3 Å². The summed E-state index contributed by atoms with van der Waals surface area (Å²) in [7, 11) is 0. The lowest BCUT2D eigenvalue weighted by Gasteiger charge is -1.76. The molecule has 0 aromatic rings. The Morgan fingerprint density at radius 1 is 0.889 bits per heavy atom. The van der Waals surface area contributed by atoms with Crippen LogP contribution in [0.5, 0.6) is 0 Å². The second-order valence-corrected chi connectivity index (χ2v) is 6.74. The summed E-state index contributed by atoms with van der Waals surface area (Å²) in [6, 6.07) is 0. The van der Waals surface area contributed by atoms with Crippen LogP contribution < -0.4 is 0 Å². The molecule has 6 nitrogen and oxygen atoms in total. The lowest BCUT2D eigenvalue weighted by Crippen LogP contribution is -2.09. The van der Waals surface area contributed by atoms with E-state index < -0.39 is 25.3 Å². The number of carboxylic acid groups (broad SMARTS) is 2. The highest BCUT2D eigenvalue weighted by atomic mass is 32.5. The molecule has 0 rings (SSSR count). The van der Waals surface area contributed by atoms with Gasteiger partial charge in [-0.1, -0.05) is 0 Å². The molecule has 0 bridgehead atoms. The largest absolute Gasteiger partial charge is 0.473 e. The molecule has 0 aromatic heterocycles. The molecular formula is C4H2F4N2O4P2S2. The van der Waals surface area contributed by atoms with Crippen LogP contribution in [0.1, 0.15) is 0 Å². The van der Waals surface area contributed by atoms with Gasteiger partial charge in [-0.05, 0) is 23.6 Å². The van der Waals surface area contributed by atoms with Crippen LogP contribution in [-0.2, 0) is 33.2 Å². The third-order valence-electron chi connectivity index (χ3n) is 0.416. The molecule has 0 aliphatic rings. The predicted octanol–water partition coefficient (Wildman–Crippen LogP) is 2.59. The van der Waals surface area contributed by atoms with Gasteiger partial charge in [-0.3, -0.25) is 0 Å². The van der Waals surface area contributed by atoms with Gasteiger partial charge >= 0.3 is 25.3 Å². The Hall–Kier alpha value is -1.06. The van der Waals surface area contributed by atoms with Gasteiger partial charge < -0.3 is 10.2 Å².